The van der Waals surface area contributed by atoms with Crippen molar-refractivity contribution in [2.45, 2.75) is 49.1 Å². The Morgan fingerprint density at radius 1 is 1.50 bits per heavy atom. The van der Waals surface area contributed by atoms with Crippen LogP contribution in [0.5, 0.6) is 0 Å². The van der Waals surface area contributed by atoms with Crippen molar-refractivity contribution >= 4 is 11.8 Å². The van der Waals surface area contributed by atoms with Crippen molar-refractivity contribution in [2.24, 2.45) is 5.73 Å². The van der Waals surface area contributed by atoms with Gasteiger partial charge in [-0.15, -0.1) is 0 Å². The molecule has 1 fully saturated rings. The highest BCUT2D eigenvalue weighted by Gasteiger charge is 2.18. The van der Waals surface area contributed by atoms with E-state index in [0.717, 1.165) is 16.8 Å². The largest absolute Gasteiger partial charge is 0.385 e. The topological polar surface area (TPSA) is 74.2 Å². The van der Waals surface area contributed by atoms with Crippen LogP contribution >= 0.6 is 11.8 Å². The van der Waals surface area contributed by atoms with Crippen molar-refractivity contribution in [3.05, 3.63) is 11.7 Å². The van der Waals surface area contributed by atoms with Crippen molar-refractivity contribution in [1.29, 1.82) is 0 Å². The van der Waals surface area contributed by atoms with Crippen LogP contribution in [0.3, 0.4) is 0 Å². The average Bonchev–Trinajstić information content (AvgIpc) is 3.04. The molecular formula is C12H21N3O2S. The summed E-state index contributed by atoms with van der Waals surface area (Å²) in [5.74, 6) is 2.11. The molecule has 18 heavy (non-hydrogen) atoms. The van der Waals surface area contributed by atoms with Crippen LogP contribution < -0.4 is 5.73 Å². The summed E-state index contributed by atoms with van der Waals surface area (Å²) >= 11 is 1.93. The Morgan fingerprint density at radius 3 is 3.00 bits per heavy atom. The quantitative estimate of drug-likeness (QED) is 0.820. The Kier molecular flexibility index (Phi) is 5.46. The van der Waals surface area contributed by atoms with Crippen LogP contribution in [0.25, 0.3) is 0 Å². The van der Waals surface area contributed by atoms with Crippen molar-refractivity contribution in [1.82, 2.24) is 10.1 Å². The molecule has 1 aliphatic rings. The molecule has 0 bridgehead atoms. The minimum atomic E-state index is -0.220. The van der Waals surface area contributed by atoms with E-state index in [9.17, 15) is 0 Å². The molecule has 0 spiro atoms. The lowest BCUT2D eigenvalue weighted by atomic mass is 10.2. The normalized spacial score (nSPS) is 18.3. The number of hydrogen-bond donors (Lipinski definition) is 1. The number of rotatable bonds is 7. The summed E-state index contributed by atoms with van der Waals surface area (Å²) < 4.78 is 10.2. The molecule has 102 valence electrons. The first-order valence-electron chi connectivity index (χ1n) is 6.48. The van der Waals surface area contributed by atoms with Gasteiger partial charge in [0.05, 0.1) is 11.8 Å². The molecule has 1 unspecified atom stereocenters. The minimum absolute atomic E-state index is 0.220. The van der Waals surface area contributed by atoms with Crippen LogP contribution in [-0.2, 0) is 10.5 Å². The number of nitrogens with two attached hydrogens (primary N) is 1. The van der Waals surface area contributed by atoms with Gasteiger partial charge in [0, 0.05) is 19.0 Å². The van der Waals surface area contributed by atoms with Crippen molar-refractivity contribution in [3.8, 4) is 0 Å². The first kappa shape index (κ1) is 13.8. The number of nitrogens with zero attached hydrogens (tertiary/aromatic N) is 2. The summed E-state index contributed by atoms with van der Waals surface area (Å²) in [4.78, 5) is 4.34. The fourth-order valence-corrected chi connectivity index (χ4v) is 3.26. The maximum absolute atomic E-state index is 5.93. The maximum Gasteiger partial charge on any atom is 0.243 e. The van der Waals surface area contributed by atoms with Crippen molar-refractivity contribution in [2.75, 3.05) is 13.7 Å². The number of aromatic nitrogens is 2. The van der Waals surface area contributed by atoms with Crippen molar-refractivity contribution < 1.29 is 9.26 Å². The molecule has 0 aromatic carbocycles. The second-order valence-corrected chi connectivity index (χ2v) is 5.94. The van der Waals surface area contributed by atoms with Gasteiger partial charge in [-0.3, -0.25) is 0 Å². The van der Waals surface area contributed by atoms with Gasteiger partial charge in [-0.2, -0.15) is 16.7 Å². The van der Waals surface area contributed by atoms with Crippen molar-refractivity contribution in [3.63, 3.8) is 0 Å². The summed E-state index contributed by atoms with van der Waals surface area (Å²) in [7, 11) is 1.66. The molecule has 0 aliphatic heterocycles. The maximum atomic E-state index is 5.93. The van der Waals surface area contributed by atoms with Gasteiger partial charge in [0.1, 0.15) is 0 Å². The van der Waals surface area contributed by atoms with Gasteiger partial charge in [-0.25, -0.2) is 0 Å². The van der Waals surface area contributed by atoms with Crippen LogP contribution in [0.15, 0.2) is 4.52 Å². The lowest BCUT2D eigenvalue weighted by Gasteiger charge is -2.05. The van der Waals surface area contributed by atoms with E-state index in [0.29, 0.717) is 18.9 Å². The molecule has 2 rings (SSSR count). The lowest BCUT2D eigenvalue weighted by Crippen LogP contribution is -2.13. The van der Waals surface area contributed by atoms with E-state index in [1.165, 1.54) is 25.7 Å². The fourth-order valence-electron chi connectivity index (χ4n) is 2.09. The van der Waals surface area contributed by atoms with Crippen LogP contribution in [0.2, 0.25) is 0 Å². The SMILES string of the molecule is COCCC(N)c1nc(CSC2CCCC2)no1. The van der Waals surface area contributed by atoms with Gasteiger partial charge in [0.15, 0.2) is 5.82 Å². The summed E-state index contributed by atoms with van der Waals surface area (Å²) in [5.41, 5.74) is 5.93. The van der Waals surface area contributed by atoms with E-state index < -0.39 is 0 Å². The van der Waals surface area contributed by atoms with Crippen LogP contribution in [0.1, 0.15) is 49.9 Å². The van der Waals surface area contributed by atoms with Gasteiger partial charge in [-0.05, 0) is 19.3 Å². The molecule has 0 amide bonds. The van der Waals surface area contributed by atoms with E-state index in [1.807, 2.05) is 11.8 Å². The van der Waals surface area contributed by atoms with E-state index in [2.05, 4.69) is 10.1 Å². The predicted molar refractivity (Wildman–Crippen MR) is 71.3 cm³/mol. The minimum Gasteiger partial charge on any atom is -0.385 e. The molecule has 1 aliphatic carbocycles. The van der Waals surface area contributed by atoms with E-state index in [4.69, 9.17) is 15.0 Å². The summed E-state index contributed by atoms with van der Waals surface area (Å²) in [6.07, 6.45) is 6.06. The van der Waals surface area contributed by atoms with Gasteiger partial charge < -0.3 is 15.0 Å². The number of thioether (sulfide) groups is 1. The van der Waals surface area contributed by atoms with Gasteiger partial charge in [0.25, 0.3) is 0 Å². The predicted octanol–water partition coefficient (Wildman–Crippen LogP) is 2.28. The number of methoxy groups -OCH3 is 1. The Labute approximate surface area is 112 Å². The molecule has 1 aromatic rings. The van der Waals surface area contributed by atoms with Gasteiger partial charge >= 0.3 is 0 Å². The zero-order chi connectivity index (χ0) is 12.8. The lowest BCUT2D eigenvalue weighted by molar-refractivity contribution is 0.182. The highest BCUT2D eigenvalue weighted by molar-refractivity contribution is 7.99. The third-order valence-electron chi connectivity index (χ3n) is 3.18. The highest BCUT2D eigenvalue weighted by Crippen LogP contribution is 2.31. The Morgan fingerprint density at radius 2 is 2.28 bits per heavy atom. The fraction of sp³-hybridized carbons (Fsp3) is 0.833. The summed E-state index contributed by atoms with van der Waals surface area (Å²) in [5, 5.41) is 4.75. The number of ether oxygens (including phenoxy) is 1. The van der Waals surface area contributed by atoms with E-state index in [1.54, 1.807) is 7.11 Å². The smallest absolute Gasteiger partial charge is 0.243 e. The molecule has 1 heterocycles. The van der Waals surface area contributed by atoms with Crippen LogP contribution in [-0.4, -0.2) is 29.1 Å². The third kappa shape index (κ3) is 3.96. The van der Waals surface area contributed by atoms with Gasteiger partial charge in [-0.1, -0.05) is 18.0 Å². The Balaban J connectivity index is 1.77. The first-order chi connectivity index (χ1) is 8.79. The van der Waals surface area contributed by atoms with E-state index in [-0.39, 0.29) is 6.04 Å². The standard InChI is InChI=1S/C12H21N3O2S/c1-16-7-6-10(13)12-14-11(15-17-12)8-18-9-4-2-3-5-9/h9-10H,2-8,13H2,1H3. The number of hydrogen-bond acceptors (Lipinski definition) is 6. The molecule has 6 heteroatoms. The summed E-state index contributed by atoms with van der Waals surface area (Å²) in [6.45, 7) is 0.607. The zero-order valence-electron chi connectivity index (χ0n) is 10.8. The highest BCUT2D eigenvalue weighted by atomic mass is 32.2. The Bertz CT molecular complexity index is 353. The first-order valence-corrected chi connectivity index (χ1v) is 7.53. The molecule has 5 nitrogen and oxygen atoms in total. The molecule has 1 atom stereocenters. The monoisotopic (exact) mass is 271 g/mol. The second-order valence-electron chi connectivity index (χ2n) is 4.65. The third-order valence-corrected chi connectivity index (χ3v) is 4.55. The Hall–Kier alpha value is -0.590. The molecule has 1 saturated carbocycles. The molecular weight excluding hydrogens is 250 g/mol. The van der Waals surface area contributed by atoms with E-state index >= 15 is 0 Å². The van der Waals surface area contributed by atoms with Crippen LogP contribution in [0.4, 0.5) is 0 Å². The zero-order valence-corrected chi connectivity index (χ0v) is 11.6. The van der Waals surface area contributed by atoms with Gasteiger partial charge in [0.2, 0.25) is 5.89 Å². The molecule has 0 radical (unpaired) electrons. The molecule has 0 saturated heterocycles. The molecule has 1 aromatic heterocycles. The molecule has 2 N–H and O–H groups in total. The summed E-state index contributed by atoms with van der Waals surface area (Å²) in [6, 6.07) is -0.220. The average molecular weight is 271 g/mol. The second kappa shape index (κ2) is 7.11. The van der Waals surface area contributed by atoms with Crippen LogP contribution in [0, 0.1) is 0 Å².